The second-order valence-electron chi connectivity index (χ2n) is 7.42. The topological polar surface area (TPSA) is 90.5 Å². The quantitative estimate of drug-likeness (QED) is 0.643. The molecular weight excluding hydrogens is 384 g/mol. The van der Waals surface area contributed by atoms with E-state index in [0.29, 0.717) is 36.8 Å². The molecule has 0 N–H and O–H groups in total. The van der Waals surface area contributed by atoms with Crippen molar-refractivity contribution in [2.24, 2.45) is 0 Å². The highest BCUT2D eigenvalue weighted by Crippen LogP contribution is 2.29. The minimum atomic E-state index is -0.409. The lowest BCUT2D eigenvalue weighted by molar-refractivity contribution is -0.133. The molecule has 1 aliphatic rings. The molecular formula is C22H24N4O4. The summed E-state index contributed by atoms with van der Waals surface area (Å²) in [5.74, 6) is 1.11. The van der Waals surface area contributed by atoms with Crippen LogP contribution in [0, 0.1) is 13.8 Å². The van der Waals surface area contributed by atoms with Crippen LogP contribution in [0.5, 0.6) is 0 Å². The molecule has 156 valence electrons. The Labute approximate surface area is 174 Å². The number of aromatic nitrogens is 3. The molecule has 0 bridgehead atoms. The van der Waals surface area contributed by atoms with Gasteiger partial charge in [0.2, 0.25) is 11.8 Å². The number of hydrogen-bond donors (Lipinski definition) is 0. The zero-order valence-electron chi connectivity index (χ0n) is 17.3. The van der Waals surface area contributed by atoms with Crippen LogP contribution in [0.1, 0.15) is 40.4 Å². The summed E-state index contributed by atoms with van der Waals surface area (Å²) in [4.78, 5) is 35.2. The summed E-state index contributed by atoms with van der Waals surface area (Å²) in [5, 5.41) is 0. The zero-order chi connectivity index (χ0) is 21.3. The van der Waals surface area contributed by atoms with E-state index in [1.165, 1.54) is 4.57 Å². The molecule has 30 heavy (non-hydrogen) atoms. The maximum absolute atomic E-state index is 12.8. The molecule has 4 rings (SSSR count). The first-order chi connectivity index (χ1) is 14.5. The minimum Gasteiger partial charge on any atom is -0.442 e. The largest absolute Gasteiger partial charge is 0.442 e. The van der Waals surface area contributed by atoms with Gasteiger partial charge in [0.1, 0.15) is 18.0 Å². The highest BCUT2D eigenvalue weighted by atomic mass is 16.5. The van der Waals surface area contributed by atoms with E-state index < -0.39 is 11.8 Å². The number of nitrogens with zero attached hydrogens (tertiary/aromatic N) is 4. The Kier molecular flexibility index (Phi) is 5.50. The number of fused-ring (bicyclic) bond motifs is 1. The lowest BCUT2D eigenvalue weighted by atomic mass is 10.1. The van der Waals surface area contributed by atoms with Gasteiger partial charge in [0.15, 0.2) is 6.10 Å². The fraction of sp³-hybridized carbons (Fsp3) is 0.364. The van der Waals surface area contributed by atoms with E-state index in [2.05, 4.69) is 9.97 Å². The van der Waals surface area contributed by atoms with Crippen LogP contribution in [0.2, 0.25) is 0 Å². The fourth-order valence-corrected chi connectivity index (χ4v) is 3.75. The molecule has 3 heterocycles. The number of methoxy groups -OCH3 is 1. The van der Waals surface area contributed by atoms with Crippen LogP contribution in [-0.4, -0.2) is 39.0 Å². The van der Waals surface area contributed by atoms with Gasteiger partial charge >= 0.3 is 5.69 Å². The molecule has 0 spiro atoms. The monoisotopic (exact) mass is 408 g/mol. The van der Waals surface area contributed by atoms with Crippen molar-refractivity contribution < 1.29 is 13.9 Å². The lowest BCUT2D eigenvalue weighted by Gasteiger charge is -2.25. The van der Waals surface area contributed by atoms with Crippen LogP contribution in [-0.2, 0) is 29.0 Å². The highest BCUT2D eigenvalue weighted by Gasteiger charge is 2.28. The molecule has 0 radical (unpaired) electrons. The highest BCUT2D eigenvalue weighted by molar-refractivity contribution is 5.76. The van der Waals surface area contributed by atoms with Crippen LogP contribution < -0.4 is 5.69 Å². The molecule has 8 heteroatoms. The predicted molar refractivity (Wildman–Crippen MR) is 109 cm³/mol. The first-order valence-electron chi connectivity index (χ1n) is 9.85. The van der Waals surface area contributed by atoms with Gasteiger partial charge < -0.3 is 14.1 Å². The summed E-state index contributed by atoms with van der Waals surface area (Å²) in [5.41, 5.74) is 2.63. The maximum atomic E-state index is 12.8. The minimum absolute atomic E-state index is 0.0390. The van der Waals surface area contributed by atoms with Gasteiger partial charge in [-0.15, -0.1) is 0 Å². The Morgan fingerprint density at radius 1 is 1.23 bits per heavy atom. The number of amides is 1. The fourth-order valence-electron chi connectivity index (χ4n) is 3.75. The molecule has 1 atom stereocenters. The van der Waals surface area contributed by atoms with Crippen molar-refractivity contribution in [2.45, 2.75) is 39.5 Å². The summed E-state index contributed by atoms with van der Waals surface area (Å²) >= 11 is 0. The molecule has 1 aromatic carbocycles. The van der Waals surface area contributed by atoms with Crippen molar-refractivity contribution in [1.82, 2.24) is 19.4 Å². The molecule has 1 amide bonds. The number of rotatable bonds is 5. The van der Waals surface area contributed by atoms with E-state index in [-0.39, 0.29) is 12.5 Å². The molecule has 0 saturated carbocycles. The molecule has 1 aliphatic heterocycles. The van der Waals surface area contributed by atoms with Crippen LogP contribution in [0.15, 0.2) is 45.6 Å². The Morgan fingerprint density at radius 3 is 2.70 bits per heavy atom. The van der Waals surface area contributed by atoms with Crippen molar-refractivity contribution in [3.05, 3.63) is 81.2 Å². The summed E-state index contributed by atoms with van der Waals surface area (Å²) in [7, 11) is 1.62. The maximum Gasteiger partial charge on any atom is 0.348 e. The molecule has 0 saturated heterocycles. The van der Waals surface area contributed by atoms with E-state index in [0.717, 1.165) is 17.0 Å². The SMILES string of the molecule is COC(c1ccccc1)c1nc2c(o1)CCN(C(=O)Cn1c(C)cc(C)nc1=O)C2. The van der Waals surface area contributed by atoms with E-state index in [1.54, 1.807) is 31.9 Å². The Balaban J connectivity index is 1.52. The lowest BCUT2D eigenvalue weighted by Crippen LogP contribution is -2.40. The van der Waals surface area contributed by atoms with Crippen LogP contribution in [0.25, 0.3) is 0 Å². The van der Waals surface area contributed by atoms with Gasteiger partial charge in [0.05, 0.1) is 6.54 Å². The first-order valence-corrected chi connectivity index (χ1v) is 9.85. The average molecular weight is 408 g/mol. The van der Waals surface area contributed by atoms with Gasteiger partial charge in [0.25, 0.3) is 0 Å². The standard InChI is InChI=1S/C22H24N4O4/c1-14-11-15(2)26(22(28)23-14)13-19(27)25-10-9-18-17(12-25)24-21(30-18)20(29-3)16-7-5-4-6-8-16/h4-8,11,20H,9-10,12-13H2,1-3H3. The molecule has 1 unspecified atom stereocenters. The van der Waals surface area contributed by atoms with Gasteiger partial charge in [-0.25, -0.2) is 9.78 Å². The Morgan fingerprint density at radius 2 is 2.00 bits per heavy atom. The summed E-state index contributed by atoms with van der Waals surface area (Å²) in [6, 6.07) is 11.5. The van der Waals surface area contributed by atoms with Crippen molar-refractivity contribution in [3.8, 4) is 0 Å². The van der Waals surface area contributed by atoms with Crippen LogP contribution >= 0.6 is 0 Å². The zero-order valence-corrected chi connectivity index (χ0v) is 17.3. The van der Waals surface area contributed by atoms with Gasteiger partial charge in [-0.1, -0.05) is 30.3 Å². The molecule has 3 aromatic rings. The summed E-state index contributed by atoms with van der Waals surface area (Å²) in [6.07, 6.45) is 0.167. The number of aryl methyl sites for hydroxylation is 2. The van der Waals surface area contributed by atoms with E-state index >= 15 is 0 Å². The predicted octanol–water partition coefficient (Wildman–Crippen LogP) is 2.17. The van der Waals surface area contributed by atoms with Gasteiger partial charge in [-0.2, -0.15) is 4.98 Å². The van der Waals surface area contributed by atoms with Crippen molar-refractivity contribution >= 4 is 5.91 Å². The van der Waals surface area contributed by atoms with Crippen LogP contribution in [0.4, 0.5) is 0 Å². The molecule has 0 aliphatic carbocycles. The Hall–Kier alpha value is -3.26. The molecule has 2 aromatic heterocycles. The van der Waals surface area contributed by atoms with Crippen molar-refractivity contribution in [1.29, 1.82) is 0 Å². The van der Waals surface area contributed by atoms with Gasteiger partial charge in [-0.3, -0.25) is 9.36 Å². The first kappa shape index (κ1) is 20.0. The third kappa shape index (κ3) is 3.91. The third-order valence-corrected chi connectivity index (χ3v) is 5.30. The third-order valence-electron chi connectivity index (χ3n) is 5.30. The number of carbonyl (C=O) groups is 1. The number of ether oxygens (including phenoxy) is 1. The van der Waals surface area contributed by atoms with Crippen molar-refractivity contribution in [3.63, 3.8) is 0 Å². The summed E-state index contributed by atoms with van der Waals surface area (Å²) in [6.45, 7) is 4.38. The van der Waals surface area contributed by atoms with Crippen LogP contribution in [0.3, 0.4) is 0 Å². The van der Waals surface area contributed by atoms with Gasteiger partial charge in [0, 0.05) is 31.5 Å². The summed E-state index contributed by atoms with van der Waals surface area (Å²) < 4.78 is 13.0. The molecule has 8 nitrogen and oxygen atoms in total. The molecule has 0 fully saturated rings. The number of oxazole rings is 1. The van der Waals surface area contributed by atoms with Crippen molar-refractivity contribution in [2.75, 3.05) is 13.7 Å². The number of hydrogen-bond acceptors (Lipinski definition) is 6. The van der Waals surface area contributed by atoms with E-state index in [4.69, 9.17) is 9.15 Å². The second-order valence-corrected chi connectivity index (χ2v) is 7.42. The Bertz CT molecular complexity index is 1120. The average Bonchev–Trinajstić information content (AvgIpc) is 3.14. The van der Waals surface area contributed by atoms with E-state index in [1.807, 2.05) is 30.3 Å². The smallest absolute Gasteiger partial charge is 0.348 e. The van der Waals surface area contributed by atoms with Gasteiger partial charge in [-0.05, 0) is 25.5 Å². The normalized spacial score (nSPS) is 14.4. The van der Waals surface area contributed by atoms with E-state index in [9.17, 15) is 9.59 Å². The number of carbonyl (C=O) groups excluding carboxylic acids is 1. The number of benzene rings is 1. The second kappa shape index (κ2) is 8.23.